The molecule has 0 spiro atoms. The van der Waals surface area contributed by atoms with Crippen LogP contribution in [0.1, 0.15) is 15.9 Å². The van der Waals surface area contributed by atoms with Gasteiger partial charge >= 0.3 is 6.03 Å². The van der Waals surface area contributed by atoms with E-state index in [1.165, 1.54) is 0 Å². The van der Waals surface area contributed by atoms with E-state index in [0.29, 0.717) is 28.5 Å². The van der Waals surface area contributed by atoms with Crippen LogP contribution in [0.5, 0.6) is 0 Å². The fraction of sp³-hybridized carbons (Fsp3) is 0.0370. The topological polar surface area (TPSA) is 61.4 Å². The van der Waals surface area contributed by atoms with E-state index < -0.39 is 0 Å². The summed E-state index contributed by atoms with van der Waals surface area (Å²) in [5.74, 6) is -0.0755. The zero-order chi connectivity index (χ0) is 23.5. The Labute approximate surface area is 206 Å². The van der Waals surface area contributed by atoms with Gasteiger partial charge in [-0.15, -0.1) is 0 Å². The number of halogens is 1. The highest BCUT2D eigenvalue weighted by Gasteiger charge is 2.27. The van der Waals surface area contributed by atoms with Crippen LogP contribution in [0, 0.1) is 0 Å². The van der Waals surface area contributed by atoms with Gasteiger partial charge in [0.25, 0.3) is 5.91 Å². The number of nitrogens with zero attached hydrogens (tertiary/aromatic N) is 1. The summed E-state index contributed by atoms with van der Waals surface area (Å²) in [7, 11) is 0. The van der Waals surface area contributed by atoms with Crippen LogP contribution in [0.2, 0.25) is 5.02 Å². The van der Waals surface area contributed by atoms with Crippen LogP contribution in [0.4, 0.5) is 21.9 Å². The number of anilines is 3. The van der Waals surface area contributed by atoms with Crippen molar-refractivity contribution in [1.82, 2.24) is 0 Å². The Hall–Kier alpha value is -3.74. The maximum atomic E-state index is 13.6. The van der Waals surface area contributed by atoms with E-state index in [-0.39, 0.29) is 11.9 Å². The normalized spacial score (nSPS) is 12.4. The van der Waals surface area contributed by atoms with Crippen LogP contribution in [0.15, 0.2) is 107 Å². The molecule has 0 saturated carbocycles. The average molecular weight is 486 g/mol. The summed E-state index contributed by atoms with van der Waals surface area (Å²) in [5, 5.41) is 6.25. The largest absolute Gasteiger partial charge is 0.323 e. The molecule has 0 atom stereocenters. The molecule has 1 aliphatic rings. The van der Waals surface area contributed by atoms with Gasteiger partial charge in [-0.2, -0.15) is 0 Å². The second-order valence-electron chi connectivity index (χ2n) is 7.74. The Morgan fingerprint density at radius 1 is 0.794 bits per heavy atom. The fourth-order valence-electron chi connectivity index (χ4n) is 3.75. The second kappa shape index (κ2) is 9.63. The van der Waals surface area contributed by atoms with E-state index in [2.05, 4.69) is 10.6 Å². The summed E-state index contributed by atoms with van der Waals surface area (Å²) in [4.78, 5) is 29.8. The van der Waals surface area contributed by atoms with Crippen LogP contribution in [-0.2, 0) is 6.54 Å². The molecule has 3 amide bonds. The number of amides is 3. The number of rotatable bonds is 4. The summed E-state index contributed by atoms with van der Waals surface area (Å²) >= 11 is 7.46. The molecule has 4 aromatic rings. The van der Waals surface area contributed by atoms with Gasteiger partial charge in [0.2, 0.25) is 0 Å². The first-order valence-corrected chi connectivity index (χ1v) is 11.9. The average Bonchev–Trinajstić information content (AvgIpc) is 2.96. The maximum absolute atomic E-state index is 13.6. The zero-order valence-electron chi connectivity index (χ0n) is 18.0. The minimum Gasteiger partial charge on any atom is -0.308 e. The lowest BCUT2D eigenvalue weighted by Crippen LogP contribution is -2.30. The lowest BCUT2D eigenvalue weighted by atomic mass is 10.1. The predicted octanol–water partition coefficient (Wildman–Crippen LogP) is 7.30. The summed E-state index contributed by atoms with van der Waals surface area (Å²) in [5.41, 5.74) is 3.64. The van der Waals surface area contributed by atoms with Crippen molar-refractivity contribution in [2.24, 2.45) is 0 Å². The van der Waals surface area contributed by atoms with Crippen LogP contribution in [-0.4, -0.2) is 11.9 Å². The third-order valence-electron chi connectivity index (χ3n) is 5.38. The highest BCUT2D eigenvalue weighted by atomic mass is 35.5. The number of hydrogen-bond donors (Lipinski definition) is 2. The van der Waals surface area contributed by atoms with Crippen LogP contribution < -0.4 is 15.5 Å². The number of hydrogen-bond acceptors (Lipinski definition) is 3. The molecule has 0 radical (unpaired) electrons. The van der Waals surface area contributed by atoms with Gasteiger partial charge in [0.1, 0.15) is 0 Å². The van der Waals surface area contributed by atoms with E-state index in [9.17, 15) is 9.59 Å². The van der Waals surface area contributed by atoms with Crippen molar-refractivity contribution < 1.29 is 9.59 Å². The molecule has 0 fully saturated rings. The van der Waals surface area contributed by atoms with Crippen molar-refractivity contribution in [3.63, 3.8) is 0 Å². The molecular formula is C27H20ClN3O2S. The molecular weight excluding hydrogens is 466 g/mol. The summed E-state index contributed by atoms with van der Waals surface area (Å²) in [6.07, 6.45) is 0. The molecule has 5 nitrogen and oxygen atoms in total. The van der Waals surface area contributed by atoms with E-state index in [4.69, 9.17) is 11.6 Å². The maximum Gasteiger partial charge on any atom is 0.323 e. The summed E-state index contributed by atoms with van der Waals surface area (Å²) in [6.45, 7) is 0.419. The van der Waals surface area contributed by atoms with Crippen molar-refractivity contribution >= 4 is 52.4 Å². The molecule has 7 heteroatoms. The Balaban J connectivity index is 1.46. The van der Waals surface area contributed by atoms with Crippen LogP contribution >= 0.6 is 23.4 Å². The molecule has 0 bridgehead atoms. The third-order valence-corrected chi connectivity index (χ3v) is 6.77. The molecule has 1 heterocycles. The van der Waals surface area contributed by atoms with Crippen molar-refractivity contribution in [3.05, 3.63) is 113 Å². The number of benzene rings is 4. The van der Waals surface area contributed by atoms with Gasteiger partial charge in [-0.3, -0.25) is 4.79 Å². The minimum absolute atomic E-state index is 0.0755. The quantitative estimate of drug-likeness (QED) is 0.319. The van der Waals surface area contributed by atoms with E-state index in [0.717, 1.165) is 21.0 Å². The van der Waals surface area contributed by atoms with Gasteiger partial charge in [-0.05, 0) is 60.2 Å². The minimum atomic E-state index is -0.382. The van der Waals surface area contributed by atoms with Crippen molar-refractivity contribution in [2.75, 3.05) is 15.5 Å². The van der Waals surface area contributed by atoms with Crippen molar-refractivity contribution in [3.8, 4) is 0 Å². The lowest BCUT2D eigenvalue weighted by molar-refractivity contribution is 0.0982. The molecule has 0 unspecified atom stereocenters. The van der Waals surface area contributed by atoms with Gasteiger partial charge < -0.3 is 15.5 Å². The Morgan fingerprint density at radius 3 is 2.26 bits per heavy atom. The zero-order valence-corrected chi connectivity index (χ0v) is 19.6. The molecule has 168 valence electrons. The van der Waals surface area contributed by atoms with Gasteiger partial charge in [0.05, 0.1) is 17.8 Å². The van der Waals surface area contributed by atoms with E-state index >= 15 is 0 Å². The first kappa shape index (κ1) is 22.1. The number of urea groups is 1. The van der Waals surface area contributed by atoms with Gasteiger partial charge in [0, 0.05) is 26.2 Å². The highest BCUT2D eigenvalue weighted by Crippen LogP contribution is 2.43. The second-order valence-corrected chi connectivity index (χ2v) is 9.26. The van der Waals surface area contributed by atoms with E-state index in [1.54, 1.807) is 40.9 Å². The number of fused-ring (bicyclic) bond motifs is 2. The molecule has 5 rings (SSSR count). The molecule has 2 N–H and O–H groups in total. The lowest BCUT2D eigenvalue weighted by Gasteiger charge is -2.24. The molecule has 0 aliphatic carbocycles. The van der Waals surface area contributed by atoms with Crippen molar-refractivity contribution in [2.45, 2.75) is 16.3 Å². The standard InChI is InChI=1S/C27H20ClN3O2S/c28-19-10-12-20(13-11-19)29-27(33)30-21-14-15-25-23(16-21)31(17-18-6-2-1-3-7-18)26(32)22-8-4-5-9-24(22)34-25/h1-16H,17H2,(H2,29,30,33). The Kier molecular flexibility index (Phi) is 6.25. The summed E-state index contributed by atoms with van der Waals surface area (Å²) in [6, 6.07) is 29.6. The monoisotopic (exact) mass is 485 g/mol. The molecule has 34 heavy (non-hydrogen) atoms. The van der Waals surface area contributed by atoms with E-state index in [1.807, 2.05) is 72.8 Å². The molecule has 0 aromatic heterocycles. The predicted molar refractivity (Wildman–Crippen MR) is 138 cm³/mol. The molecule has 1 aliphatic heterocycles. The van der Waals surface area contributed by atoms with Crippen molar-refractivity contribution in [1.29, 1.82) is 0 Å². The Morgan fingerprint density at radius 2 is 1.47 bits per heavy atom. The first-order valence-electron chi connectivity index (χ1n) is 10.7. The van der Waals surface area contributed by atoms with Crippen LogP contribution in [0.25, 0.3) is 0 Å². The van der Waals surface area contributed by atoms with Gasteiger partial charge in [0.15, 0.2) is 0 Å². The smallest absolute Gasteiger partial charge is 0.308 e. The van der Waals surface area contributed by atoms with Gasteiger partial charge in [-0.1, -0.05) is 65.8 Å². The third kappa shape index (κ3) is 4.78. The number of carbonyl (C=O) groups is 2. The number of nitrogens with one attached hydrogen (secondary N) is 2. The summed E-state index contributed by atoms with van der Waals surface area (Å²) < 4.78 is 0. The SMILES string of the molecule is O=C(Nc1ccc(Cl)cc1)Nc1ccc2c(c1)N(Cc1ccccc1)C(=O)c1ccccc1S2. The molecule has 4 aromatic carbocycles. The highest BCUT2D eigenvalue weighted by molar-refractivity contribution is 7.99. The molecule has 0 saturated heterocycles. The number of carbonyl (C=O) groups excluding carboxylic acids is 2. The fourth-order valence-corrected chi connectivity index (χ4v) is 4.93. The Bertz CT molecular complexity index is 1360. The van der Waals surface area contributed by atoms with Gasteiger partial charge in [-0.25, -0.2) is 4.79 Å². The first-order chi connectivity index (χ1) is 16.6. The van der Waals surface area contributed by atoms with Crippen LogP contribution in [0.3, 0.4) is 0 Å².